The molecule has 0 aromatic heterocycles. The Balaban J connectivity index is 3.47. The van der Waals surface area contributed by atoms with Gasteiger partial charge in [0, 0.05) is 0 Å². The van der Waals surface area contributed by atoms with Crippen molar-refractivity contribution < 1.29 is 9.53 Å². The van der Waals surface area contributed by atoms with Crippen molar-refractivity contribution in [3.8, 4) is 0 Å². The highest BCUT2D eigenvalue weighted by molar-refractivity contribution is 5.71. The average molecular weight is 184 g/mol. The fraction of sp³-hybridized carbons (Fsp3) is 0.727. The van der Waals surface area contributed by atoms with E-state index in [1.54, 1.807) is 0 Å². The lowest BCUT2D eigenvalue weighted by molar-refractivity contribution is -0.146. The summed E-state index contributed by atoms with van der Waals surface area (Å²) in [6.07, 6.45) is 6.99. The molecule has 0 N–H and O–H groups in total. The Morgan fingerprint density at radius 1 is 1.38 bits per heavy atom. The van der Waals surface area contributed by atoms with Crippen molar-refractivity contribution in [2.75, 3.05) is 6.61 Å². The van der Waals surface area contributed by atoms with Crippen LogP contribution in [0.4, 0.5) is 0 Å². The number of unbranched alkanes of at least 4 members (excludes halogenated alkanes) is 1. The van der Waals surface area contributed by atoms with E-state index in [4.69, 9.17) is 4.74 Å². The zero-order valence-electron chi connectivity index (χ0n) is 8.88. The number of carbonyl (C=O) groups excluding carboxylic acids is 1. The molecule has 0 aromatic rings. The second kappa shape index (κ2) is 7.84. The Morgan fingerprint density at radius 3 is 2.62 bits per heavy atom. The summed E-state index contributed by atoms with van der Waals surface area (Å²) >= 11 is 0. The maximum Gasteiger partial charge on any atom is 0.308 e. The number of allylic oxidation sites excluding steroid dienone is 1. The van der Waals surface area contributed by atoms with E-state index in [0.717, 1.165) is 19.3 Å². The van der Waals surface area contributed by atoms with Gasteiger partial charge in [0.25, 0.3) is 0 Å². The van der Waals surface area contributed by atoms with Gasteiger partial charge in [-0.3, -0.25) is 4.79 Å². The molecule has 76 valence electrons. The third-order valence-corrected chi connectivity index (χ3v) is 1.96. The summed E-state index contributed by atoms with van der Waals surface area (Å²) in [5.74, 6) is -0.0665. The molecule has 0 aliphatic heterocycles. The van der Waals surface area contributed by atoms with Crippen LogP contribution >= 0.6 is 0 Å². The molecule has 0 bridgehead atoms. The highest BCUT2D eigenvalue weighted by atomic mass is 16.5. The van der Waals surface area contributed by atoms with Crippen LogP contribution in [-0.2, 0) is 9.53 Å². The summed E-state index contributed by atoms with van der Waals surface area (Å²) in [6, 6.07) is 0. The van der Waals surface area contributed by atoms with Crippen molar-refractivity contribution in [3.05, 3.63) is 12.2 Å². The van der Waals surface area contributed by atoms with Gasteiger partial charge in [0.05, 0.1) is 5.92 Å². The average Bonchev–Trinajstić information content (AvgIpc) is 2.16. The number of rotatable bonds is 6. The molecule has 0 fully saturated rings. The number of ether oxygens (including phenoxy) is 1. The fourth-order valence-corrected chi connectivity index (χ4v) is 0.792. The van der Waals surface area contributed by atoms with Crippen LogP contribution in [0.3, 0.4) is 0 Å². The summed E-state index contributed by atoms with van der Waals surface area (Å²) in [4.78, 5) is 11.2. The van der Waals surface area contributed by atoms with Crippen LogP contribution in [0.5, 0.6) is 0 Å². The molecule has 0 radical (unpaired) electrons. The molecule has 0 saturated heterocycles. The maximum atomic E-state index is 11.2. The quantitative estimate of drug-likeness (QED) is 0.468. The molecule has 1 atom stereocenters. The maximum absolute atomic E-state index is 11.2. The van der Waals surface area contributed by atoms with Gasteiger partial charge in [-0.25, -0.2) is 0 Å². The van der Waals surface area contributed by atoms with E-state index in [2.05, 4.69) is 6.92 Å². The van der Waals surface area contributed by atoms with E-state index in [0.29, 0.717) is 6.61 Å². The Morgan fingerprint density at radius 2 is 2.08 bits per heavy atom. The van der Waals surface area contributed by atoms with Gasteiger partial charge in [0.2, 0.25) is 0 Å². The first kappa shape index (κ1) is 12.2. The Bertz CT molecular complexity index is 161. The molecule has 0 heterocycles. The topological polar surface area (TPSA) is 26.3 Å². The van der Waals surface area contributed by atoms with Crippen LogP contribution in [0.25, 0.3) is 0 Å². The molecule has 0 aromatic carbocycles. The minimum atomic E-state index is -0.0938. The standard InChI is InChI=1S/C11H20O2/c1-4-6-7-8-9-13-11(12)10(3)5-2/h7-8,10H,4-6,9H2,1-3H3/b8-7+. The molecule has 0 aliphatic rings. The van der Waals surface area contributed by atoms with Crippen LogP contribution in [0, 0.1) is 5.92 Å². The van der Waals surface area contributed by atoms with Gasteiger partial charge in [0.1, 0.15) is 6.61 Å². The Kier molecular flexibility index (Phi) is 7.36. The summed E-state index contributed by atoms with van der Waals surface area (Å²) in [6.45, 7) is 6.41. The van der Waals surface area contributed by atoms with E-state index in [9.17, 15) is 4.79 Å². The van der Waals surface area contributed by atoms with E-state index < -0.39 is 0 Å². The van der Waals surface area contributed by atoms with Gasteiger partial charge in [-0.2, -0.15) is 0 Å². The first-order chi connectivity index (χ1) is 6.22. The molecule has 13 heavy (non-hydrogen) atoms. The van der Waals surface area contributed by atoms with E-state index >= 15 is 0 Å². The third kappa shape index (κ3) is 6.38. The molecule has 0 saturated carbocycles. The molecular weight excluding hydrogens is 164 g/mol. The van der Waals surface area contributed by atoms with Crippen LogP contribution in [0.1, 0.15) is 40.0 Å². The largest absolute Gasteiger partial charge is 0.461 e. The van der Waals surface area contributed by atoms with Crippen LogP contribution < -0.4 is 0 Å². The number of hydrogen-bond acceptors (Lipinski definition) is 2. The van der Waals surface area contributed by atoms with Crippen LogP contribution in [0.2, 0.25) is 0 Å². The van der Waals surface area contributed by atoms with Crippen molar-refractivity contribution in [1.29, 1.82) is 0 Å². The lowest BCUT2D eigenvalue weighted by Crippen LogP contribution is -2.13. The number of esters is 1. The van der Waals surface area contributed by atoms with Crippen LogP contribution in [0.15, 0.2) is 12.2 Å². The number of hydrogen-bond donors (Lipinski definition) is 0. The smallest absolute Gasteiger partial charge is 0.308 e. The van der Waals surface area contributed by atoms with Crippen molar-refractivity contribution in [3.63, 3.8) is 0 Å². The Labute approximate surface area is 81.0 Å². The van der Waals surface area contributed by atoms with Gasteiger partial charge >= 0.3 is 5.97 Å². The molecule has 1 unspecified atom stereocenters. The van der Waals surface area contributed by atoms with Gasteiger partial charge in [-0.15, -0.1) is 0 Å². The molecule has 2 heteroatoms. The molecule has 0 spiro atoms. The number of carbonyl (C=O) groups is 1. The lowest BCUT2D eigenvalue weighted by Gasteiger charge is -2.06. The first-order valence-electron chi connectivity index (χ1n) is 5.04. The molecular formula is C11H20O2. The van der Waals surface area contributed by atoms with Crippen molar-refractivity contribution in [1.82, 2.24) is 0 Å². The van der Waals surface area contributed by atoms with E-state index in [1.807, 2.05) is 26.0 Å². The second-order valence-electron chi connectivity index (χ2n) is 3.20. The summed E-state index contributed by atoms with van der Waals surface area (Å²) < 4.78 is 5.02. The predicted molar refractivity (Wildman–Crippen MR) is 54.5 cm³/mol. The normalized spacial score (nSPS) is 13.2. The second-order valence-corrected chi connectivity index (χ2v) is 3.20. The monoisotopic (exact) mass is 184 g/mol. The van der Waals surface area contributed by atoms with Gasteiger partial charge < -0.3 is 4.74 Å². The summed E-state index contributed by atoms with van der Waals surface area (Å²) in [7, 11) is 0. The minimum Gasteiger partial charge on any atom is -0.461 e. The molecule has 0 aliphatic carbocycles. The summed E-state index contributed by atoms with van der Waals surface area (Å²) in [5, 5.41) is 0. The van der Waals surface area contributed by atoms with Crippen LogP contribution in [-0.4, -0.2) is 12.6 Å². The van der Waals surface area contributed by atoms with E-state index in [1.165, 1.54) is 0 Å². The highest BCUT2D eigenvalue weighted by Gasteiger charge is 2.10. The van der Waals surface area contributed by atoms with E-state index in [-0.39, 0.29) is 11.9 Å². The first-order valence-corrected chi connectivity index (χ1v) is 5.04. The van der Waals surface area contributed by atoms with Gasteiger partial charge in [-0.05, 0) is 12.8 Å². The van der Waals surface area contributed by atoms with Crippen molar-refractivity contribution >= 4 is 5.97 Å². The van der Waals surface area contributed by atoms with Crippen molar-refractivity contribution in [2.45, 2.75) is 40.0 Å². The highest BCUT2D eigenvalue weighted by Crippen LogP contribution is 2.02. The SMILES string of the molecule is CCC/C=C/COC(=O)C(C)CC. The zero-order chi connectivity index (χ0) is 10.1. The minimum absolute atomic E-state index is 0.0274. The van der Waals surface area contributed by atoms with Crippen molar-refractivity contribution in [2.24, 2.45) is 5.92 Å². The third-order valence-electron chi connectivity index (χ3n) is 1.96. The zero-order valence-corrected chi connectivity index (χ0v) is 8.88. The van der Waals surface area contributed by atoms with Gasteiger partial charge in [-0.1, -0.05) is 39.3 Å². The predicted octanol–water partition coefficient (Wildman–Crippen LogP) is 2.93. The Hall–Kier alpha value is -0.790. The molecule has 0 amide bonds. The lowest BCUT2D eigenvalue weighted by atomic mass is 10.1. The fourth-order valence-electron chi connectivity index (χ4n) is 0.792. The van der Waals surface area contributed by atoms with Gasteiger partial charge in [0.15, 0.2) is 0 Å². The summed E-state index contributed by atoms with van der Waals surface area (Å²) in [5.41, 5.74) is 0. The molecule has 0 rings (SSSR count). The molecule has 2 nitrogen and oxygen atoms in total.